The summed E-state index contributed by atoms with van der Waals surface area (Å²) in [5, 5.41) is 0. The van der Waals surface area contributed by atoms with Gasteiger partial charge in [-0.2, -0.15) is 0 Å². The first-order chi connectivity index (χ1) is 12.1. The van der Waals surface area contributed by atoms with Crippen molar-refractivity contribution in [2.24, 2.45) is 5.41 Å². The van der Waals surface area contributed by atoms with Crippen molar-refractivity contribution in [3.05, 3.63) is 46.5 Å². The fourth-order valence-corrected chi connectivity index (χ4v) is 5.29. The van der Waals surface area contributed by atoms with Crippen molar-refractivity contribution < 1.29 is 7.86 Å². The maximum Gasteiger partial charge on any atom is 0.192 e. The molecular weight excluding hydrogens is 425 g/mol. The Morgan fingerprint density at radius 3 is 2.44 bits per heavy atom. The number of carbonyl (C=O) groups excluding carboxylic acids is 1. The molecule has 1 fully saturated rings. The lowest BCUT2D eigenvalue weighted by Crippen LogP contribution is -2.15. The molecule has 2 aromatic rings. The van der Waals surface area contributed by atoms with Crippen LogP contribution in [0.15, 0.2) is 24.3 Å². The molecular formula is C21H22INO2. The molecule has 0 atom stereocenters. The maximum atomic E-state index is 11.5. The van der Waals surface area contributed by atoms with Gasteiger partial charge in [-0.1, -0.05) is 25.0 Å². The summed E-state index contributed by atoms with van der Waals surface area (Å²) in [5.41, 5.74) is 13.6. The predicted molar refractivity (Wildman–Crippen MR) is 109 cm³/mol. The first kappa shape index (κ1) is 16.9. The minimum Gasteiger partial charge on any atom is -0.427 e. The minimum atomic E-state index is 0.414. The SMILES string of the molecule is Cc1c(-c2ccc(OI)c3c2CC2(CCCC2)C3)ccc(N)c1C=O. The number of carbonyl (C=O) groups is 1. The minimum absolute atomic E-state index is 0.414. The zero-order valence-electron chi connectivity index (χ0n) is 14.4. The zero-order chi connectivity index (χ0) is 17.6. The third-order valence-electron chi connectivity index (χ3n) is 6.20. The van der Waals surface area contributed by atoms with Gasteiger partial charge < -0.3 is 8.80 Å². The van der Waals surface area contributed by atoms with Crippen LogP contribution in [-0.4, -0.2) is 6.29 Å². The van der Waals surface area contributed by atoms with Crippen LogP contribution < -0.4 is 8.80 Å². The average Bonchev–Trinajstić information content (AvgIpc) is 3.22. The maximum absolute atomic E-state index is 11.5. The number of fused-ring (bicyclic) bond motifs is 1. The number of nitrogen functional groups attached to an aromatic ring is 1. The van der Waals surface area contributed by atoms with E-state index in [9.17, 15) is 4.79 Å². The van der Waals surface area contributed by atoms with E-state index < -0.39 is 0 Å². The van der Waals surface area contributed by atoms with E-state index in [-0.39, 0.29) is 0 Å². The fourth-order valence-electron chi connectivity index (χ4n) is 4.88. The predicted octanol–water partition coefficient (Wildman–Crippen LogP) is 5.44. The van der Waals surface area contributed by atoms with Gasteiger partial charge in [-0.3, -0.25) is 4.79 Å². The summed E-state index contributed by atoms with van der Waals surface area (Å²) in [6.45, 7) is 1.99. The van der Waals surface area contributed by atoms with E-state index >= 15 is 0 Å². The molecule has 1 spiro atoms. The highest BCUT2D eigenvalue weighted by Crippen LogP contribution is 2.53. The molecule has 3 nitrogen and oxygen atoms in total. The van der Waals surface area contributed by atoms with Gasteiger partial charge in [0.1, 0.15) is 5.75 Å². The van der Waals surface area contributed by atoms with Gasteiger partial charge in [0.25, 0.3) is 0 Å². The van der Waals surface area contributed by atoms with E-state index in [1.807, 2.05) is 36.0 Å². The van der Waals surface area contributed by atoms with Gasteiger partial charge in [0.05, 0.1) is 0 Å². The van der Waals surface area contributed by atoms with Crippen LogP contribution in [0.25, 0.3) is 11.1 Å². The quantitative estimate of drug-likeness (QED) is 0.387. The van der Waals surface area contributed by atoms with Crippen LogP contribution in [0.2, 0.25) is 0 Å². The van der Waals surface area contributed by atoms with Crippen LogP contribution in [0.1, 0.15) is 52.7 Å². The van der Waals surface area contributed by atoms with Crippen LogP contribution in [-0.2, 0) is 12.8 Å². The average molecular weight is 447 g/mol. The molecule has 4 heteroatoms. The standard InChI is InChI=1S/C21H22INO2/c1-13-14(4-6-19(23)18(13)12-24)15-5-7-20(25-22)17-11-21(10-16(15)17)8-2-3-9-21/h4-7,12H,2-3,8-11,23H2,1H3. The molecule has 25 heavy (non-hydrogen) atoms. The van der Waals surface area contributed by atoms with Crippen molar-refractivity contribution in [1.82, 2.24) is 0 Å². The zero-order valence-corrected chi connectivity index (χ0v) is 16.6. The van der Waals surface area contributed by atoms with Crippen molar-refractivity contribution in [2.45, 2.75) is 45.4 Å². The lowest BCUT2D eigenvalue weighted by atomic mass is 9.82. The highest BCUT2D eigenvalue weighted by molar-refractivity contribution is 14.1. The third-order valence-corrected chi connectivity index (χ3v) is 6.67. The lowest BCUT2D eigenvalue weighted by molar-refractivity contribution is 0.112. The molecule has 4 rings (SSSR count). The van der Waals surface area contributed by atoms with Crippen molar-refractivity contribution in [2.75, 3.05) is 5.73 Å². The molecule has 0 unspecified atom stereocenters. The monoisotopic (exact) mass is 447 g/mol. The number of hydrogen-bond donors (Lipinski definition) is 1. The molecule has 2 aromatic carbocycles. The van der Waals surface area contributed by atoms with Crippen molar-refractivity contribution in [3.63, 3.8) is 0 Å². The summed E-state index contributed by atoms with van der Waals surface area (Å²) < 4.78 is 5.64. The summed E-state index contributed by atoms with van der Waals surface area (Å²) in [4.78, 5) is 11.5. The molecule has 130 valence electrons. The molecule has 0 amide bonds. The first-order valence-corrected chi connectivity index (χ1v) is 9.74. The first-order valence-electron chi connectivity index (χ1n) is 8.86. The second-order valence-electron chi connectivity index (χ2n) is 7.57. The van der Waals surface area contributed by atoms with E-state index in [1.165, 1.54) is 42.4 Å². The second kappa shape index (κ2) is 6.31. The molecule has 0 aromatic heterocycles. The summed E-state index contributed by atoms with van der Waals surface area (Å²) in [6, 6.07) is 8.12. The largest absolute Gasteiger partial charge is 0.427 e. The van der Waals surface area contributed by atoms with Crippen LogP contribution in [0.5, 0.6) is 5.75 Å². The highest BCUT2D eigenvalue weighted by Gasteiger charge is 2.42. The van der Waals surface area contributed by atoms with E-state index in [1.54, 1.807) is 0 Å². The topological polar surface area (TPSA) is 52.3 Å². The molecule has 2 N–H and O–H groups in total. The van der Waals surface area contributed by atoms with E-state index in [4.69, 9.17) is 8.80 Å². The summed E-state index contributed by atoms with van der Waals surface area (Å²) in [6.07, 6.45) is 8.38. The van der Waals surface area contributed by atoms with Crippen LogP contribution in [0.3, 0.4) is 0 Å². The Labute approximate surface area is 162 Å². The third kappa shape index (κ3) is 2.65. The molecule has 0 saturated heterocycles. The van der Waals surface area contributed by atoms with E-state index in [2.05, 4.69) is 18.2 Å². The number of rotatable bonds is 3. The number of hydrogen-bond acceptors (Lipinski definition) is 3. The number of benzene rings is 2. The van der Waals surface area contributed by atoms with Crippen molar-refractivity contribution >= 4 is 35.0 Å². The highest BCUT2D eigenvalue weighted by atomic mass is 127. The molecule has 2 aliphatic carbocycles. The van der Waals surface area contributed by atoms with Crippen molar-refractivity contribution in [3.8, 4) is 16.9 Å². The Kier molecular flexibility index (Phi) is 4.26. The van der Waals surface area contributed by atoms with E-state index in [0.29, 0.717) is 16.7 Å². The van der Waals surface area contributed by atoms with Gasteiger partial charge in [0.15, 0.2) is 29.3 Å². The molecule has 2 aliphatic rings. The number of aldehydes is 1. The van der Waals surface area contributed by atoms with Gasteiger partial charge in [0.2, 0.25) is 0 Å². The number of nitrogens with two attached hydrogens (primary N) is 1. The van der Waals surface area contributed by atoms with Crippen LogP contribution >= 0.6 is 23.0 Å². The number of anilines is 1. The van der Waals surface area contributed by atoms with Crippen LogP contribution in [0.4, 0.5) is 5.69 Å². The fraction of sp³-hybridized carbons (Fsp3) is 0.381. The Balaban J connectivity index is 1.89. The Bertz CT molecular complexity index is 853. The van der Waals surface area contributed by atoms with Gasteiger partial charge in [-0.15, -0.1) is 0 Å². The Hall–Kier alpha value is -1.56. The normalized spacial score (nSPS) is 17.7. The molecule has 0 heterocycles. The molecule has 0 aliphatic heterocycles. The second-order valence-corrected chi connectivity index (χ2v) is 8.01. The molecule has 0 radical (unpaired) electrons. The lowest BCUT2D eigenvalue weighted by Gasteiger charge is -2.22. The summed E-state index contributed by atoms with van der Waals surface area (Å²) >= 11 is 1.98. The van der Waals surface area contributed by atoms with Gasteiger partial charge >= 0.3 is 0 Å². The summed E-state index contributed by atoms with van der Waals surface area (Å²) in [5.74, 6) is 0.992. The smallest absolute Gasteiger partial charge is 0.192 e. The van der Waals surface area contributed by atoms with Gasteiger partial charge in [0, 0.05) is 11.3 Å². The van der Waals surface area contributed by atoms with Crippen LogP contribution in [0, 0.1) is 12.3 Å². The van der Waals surface area contributed by atoms with Gasteiger partial charge in [-0.05, 0) is 78.0 Å². The van der Waals surface area contributed by atoms with E-state index in [0.717, 1.165) is 36.0 Å². The molecule has 0 bridgehead atoms. The summed E-state index contributed by atoms with van der Waals surface area (Å²) in [7, 11) is 0. The molecule has 1 saturated carbocycles. The van der Waals surface area contributed by atoms with Crippen molar-refractivity contribution in [1.29, 1.82) is 0 Å². The Morgan fingerprint density at radius 1 is 1.08 bits per heavy atom. The number of halogens is 1. The van der Waals surface area contributed by atoms with Gasteiger partial charge in [-0.25, -0.2) is 0 Å². The Morgan fingerprint density at radius 2 is 1.76 bits per heavy atom.